The van der Waals surface area contributed by atoms with E-state index in [1.807, 2.05) is 55.0 Å². The van der Waals surface area contributed by atoms with E-state index in [0.717, 1.165) is 54.4 Å². The Bertz CT molecular complexity index is 1420. The summed E-state index contributed by atoms with van der Waals surface area (Å²) in [5.74, 6) is 1.07. The van der Waals surface area contributed by atoms with Crippen LogP contribution in [0.25, 0.3) is 10.8 Å². The molecule has 4 aromatic rings. The van der Waals surface area contributed by atoms with Crippen molar-refractivity contribution >= 4 is 17.1 Å². The van der Waals surface area contributed by atoms with Crippen molar-refractivity contribution < 1.29 is 9.53 Å². The molecule has 0 radical (unpaired) electrons. The van der Waals surface area contributed by atoms with Crippen LogP contribution in [0.15, 0.2) is 67.1 Å². The number of rotatable bonds is 9. The average molecular weight is 480 g/mol. The molecule has 1 N–H and O–H groups in total. The molecule has 1 fully saturated rings. The van der Waals surface area contributed by atoms with Crippen molar-refractivity contribution in [3.8, 4) is 17.6 Å². The summed E-state index contributed by atoms with van der Waals surface area (Å²) in [7, 11) is 2.16. The highest BCUT2D eigenvalue weighted by Gasteiger charge is 2.18. The van der Waals surface area contributed by atoms with Crippen molar-refractivity contribution in [2.24, 2.45) is 0 Å². The molecule has 1 aromatic heterocycles. The number of hydrogen-bond donors (Lipinski definition) is 1. The van der Waals surface area contributed by atoms with Gasteiger partial charge in [-0.25, -0.2) is 4.98 Å². The average Bonchev–Trinajstić information content (AvgIpc) is 3.52. The maximum atomic E-state index is 11.5. The van der Waals surface area contributed by atoms with Crippen LogP contribution in [0.5, 0.6) is 11.5 Å². The summed E-state index contributed by atoms with van der Waals surface area (Å²) in [4.78, 5) is 18.2. The summed E-state index contributed by atoms with van der Waals surface area (Å²) in [6.07, 6.45) is 6.70. The quantitative estimate of drug-likeness (QED) is 0.359. The van der Waals surface area contributed by atoms with Gasteiger partial charge in [-0.2, -0.15) is 5.26 Å². The van der Waals surface area contributed by atoms with Gasteiger partial charge in [0.05, 0.1) is 11.9 Å². The van der Waals surface area contributed by atoms with Crippen LogP contribution < -0.4 is 10.1 Å². The molecule has 182 valence electrons. The molecule has 7 heteroatoms. The molecule has 36 heavy (non-hydrogen) atoms. The highest BCUT2D eigenvalue weighted by molar-refractivity contribution is 5.98. The Morgan fingerprint density at radius 3 is 2.94 bits per heavy atom. The van der Waals surface area contributed by atoms with Crippen LogP contribution in [-0.2, 0) is 13.0 Å². The van der Waals surface area contributed by atoms with E-state index < -0.39 is 0 Å². The van der Waals surface area contributed by atoms with Crippen LogP contribution in [0.3, 0.4) is 0 Å². The van der Waals surface area contributed by atoms with Gasteiger partial charge in [-0.3, -0.25) is 4.79 Å². The number of aldehydes is 1. The molecule has 1 atom stereocenters. The third-order valence-corrected chi connectivity index (χ3v) is 6.77. The highest BCUT2D eigenvalue weighted by Crippen LogP contribution is 2.30. The summed E-state index contributed by atoms with van der Waals surface area (Å²) >= 11 is 0. The Hall–Kier alpha value is -3.99. The fraction of sp³-hybridized carbons (Fsp3) is 0.276. The predicted molar refractivity (Wildman–Crippen MR) is 140 cm³/mol. The van der Waals surface area contributed by atoms with Gasteiger partial charge in [0.1, 0.15) is 17.6 Å². The van der Waals surface area contributed by atoms with Crippen molar-refractivity contribution in [3.05, 3.63) is 89.5 Å². The van der Waals surface area contributed by atoms with Crippen LogP contribution in [0.4, 0.5) is 0 Å². The molecular formula is C29H29N5O2. The SMILES string of the molecule is CN1CC[C@@H](NCCc2cncn2Cc2ccc(C#N)c(Oc3ccc4cccc(C=O)c4c3)c2)C1. The molecule has 1 aliphatic heterocycles. The van der Waals surface area contributed by atoms with E-state index in [0.29, 0.717) is 35.2 Å². The van der Waals surface area contributed by atoms with Crippen molar-refractivity contribution in [2.75, 3.05) is 26.7 Å². The molecule has 5 rings (SSSR count). The topological polar surface area (TPSA) is 83.2 Å². The second-order valence-electron chi connectivity index (χ2n) is 9.36. The number of fused-ring (bicyclic) bond motifs is 1. The van der Waals surface area contributed by atoms with Crippen LogP contribution in [0.1, 0.15) is 33.6 Å². The zero-order valence-electron chi connectivity index (χ0n) is 20.4. The zero-order chi connectivity index (χ0) is 24.9. The highest BCUT2D eigenvalue weighted by atomic mass is 16.5. The minimum Gasteiger partial charge on any atom is -0.456 e. The van der Waals surface area contributed by atoms with E-state index in [1.165, 1.54) is 6.42 Å². The molecule has 1 aliphatic rings. The van der Waals surface area contributed by atoms with Gasteiger partial charge >= 0.3 is 0 Å². The number of ether oxygens (including phenoxy) is 1. The minimum absolute atomic E-state index is 0.458. The number of nitriles is 1. The van der Waals surface area contributed by atoms with Crippen molar-refractivity contribution in [1.29, 1.82) is 5.26 Å². The van der Waals surface area contributed by atoms with E-state index in [4.69, 9.17) is 4.74 Å². The third-order valence-electron chi connectivity index (χ3n) is 6.77. The Morgan fingerprint density at radius 2 is 2.14 bits per heavy atom. The van der Waals surface area contributed by atoms with Gasteiger partial charge in [0.25, 0.3) is 0 Å². The van der Waals surface area contributed by atoms with E-state index in [-0.39, 0.29) is 0 Å². The van der Waals surface area contributed by atoms with Crippen LogP contribution >= 0.6 is 0 Å². The smallest absolute Gasteiger partial charge is 0.150 e. The number of imidazole rings is 1. The number of hydrogen-bond acceptors (Lipinski definition) is 6. The second kappa shape index (κ2) is 10.7. The number of likely N-dealkylation sites (tertiary alicyclic amines) is 1. The summed E-state index contributed by atoms with van der Waals surface area (Å²) in [6, 6.07) is 19.6. The Morgan fingerprint density at radius 1 is 1.22 bits per heavy atom. The number of benzene rings is 3. The normalized spacial score (nSPS) is 15.7. The summed E-state index contributed by atoms with van der Waals surface area (Å²) in [5, 5.41) is 15.1. The number of carbonyl (C=O) groups is 1. The number of nitrogens with one attached hydrogen (secondary N) is 1. The molecule has 3 aromatic carbocycles. The van der Waals surface area contributed by atoms with Crippen molar-refractivity contribution in [2.45, 2.75) is 25.4 Å². The maximum Gasteiger partial charge on any atom is 0.150 e. The molecule has 7 nitrogen and oxygen atoms in total. The van der Waals surface area contributed by atoms with E-state index in [2.05, 4.69) is 32.9 Å². The first-order chi connectivity index (χ1) is 17.6. The minimum atomic E-state index is 0.458. The van der Waals surface area contributed by atoms with Gasteiger partial charge in [-0.15, -0.1) is 0 Å². The third kappa shape index (κ3) is 5.30. The first-order valence-corrected chi connectivity index (χ1v) is 12.2. The van der Waals surface area contributed by atoms with E-state index in [9.17, 15) is 10.1 Å². The van der Waals surface area contributed by atoms with Gasteiger partial charge in [0.15, 0.2) is 6.29 Å². The first-order valence-electron chi connectivity index (χ1n) is 12.2. The monoisotopic (exact) mass is 479 g/mol. The molecule has 0 bridgehead atoms. The standard InChI is InChI=1S/C29H29N5O2/c1-33-12-10-25(18-33)32-11-9-26-16-31-20-34(26)17-21-5-6-23(15-30)29(13-21)36-27-8-7-22-3-2-4-24(19-35)28(22)14-27/h2-8,13-14,16,19-20,25,32H,9-12,17-18H2,1H3/t25-/m1/s1. The molecular weight excluding hydrogens is 450 g/mol. The summed E-state index contributed by atoms with van der Waals surface area (Å²) in [6.45, 7) is 3.80. The lowest BCUT2D eigenvalue weighted by atomic mass is 10.1. The van der Waals surface area contributed by atoms with Gasteiger partial charge in [0.2, 0.25) is 0 Å². The Labute approximate surface area is 210 Å². The maximum absolute atomic E-state index is 11.5. The van der Waals surface area contributed by atoms with Gasteiger partial charge in [-0.1, -0.05) is 30.3 Å². The summed E-state index contributed by atoms with van der Waals surface area (Å²) in [5.41, 5.74) is 3.24. The van der Waals surface area contributed by atoms with Gasteiger partial charge in [-0.05, 0) is 60.6 Å². The number of carbonyl (C=O) groups excluding carboxylic acids is 1. The molecule has 0 amide bonds. The predicted octanol–water partition coefficient (Wildman–Crippen LogP) is 4.40. The Kier molecular flexibility index (Phi) is 7.08. The lowest BCUT2D eigenvalue weighted by molar-refractivity contribution is 0.112. The largest absolute Gasteiger partial charge is 0.456 e. The zero-order valence-corrected chi connectivity index (χ0v) is 20.4. The molecule has 0 saturated carbocycles. The molecule has 2 heterocycles. The van der Waals surface area contributed by atoms with E-state index >= 15 is 0 Å². The number of nitrogens with zero attached hydrogens (tertiary/aromatic N) is 4. The van der Waals surface area contributed by atoms with Crippen molar-refractivity contribution in [3.63, 3.8) is 0 Å². The van der Waals surface area contributed by atoms with Crippen molar-refractivity contribution in [1.82, 2.24) is 19.8 Å². The fourth-order valence-electron chi connectivity index (χ4n) is 4.81. The number of likely N-dealkylation sites (N-methyl/N-ethyl adjacent to an activating group) is 1. The van der Waals surface area contributed by atoms with Crippen LogP contribution in [0.2, 0.25) is 0 Å². The number of aromatic nitrogens is 2. The van der Waals surface area contributed by atoms with E-state index in [1.54, 1.807) is 12.1 Å². The van der Waals surface area contributed by atoms with Crippen LogP contribution in [-0.4, -0.2) is 53.5 Å². The lowest BCUT2D eigenvalue weighted by Crippen LogP contribution is -2.33. The van der Waals surface area contributed by atoms with Crippen LogP contribution in [0, 0.1) is 11.3 Å². The van der Waals surface area contributed by atoms with Gasteiger partial charge in [0, 0.05) is 49.6 Å². The first kappa shape index (κ1) is 23.7. The summed E-state index contributed by atoms with van der Waals surface area (Å²) < 4.78 is 8.29. The molecule has 0 spiro atoms. The molecule has 0 aliphatic carbocycles. The fourth-order valence-corrected chi connectivity index (χ4v) is 4.81. The second-order valence-corrected chi connectivity index (χ2v) is 9.36. The lowest BCUT2D eigenvalue weighted by Gasteiger charge is -2.14. The molecule has 0 unspecified atom stereocenters. The molecule has 1 saturated heterocycles. The van der Waals surface area contributed by atoms with Gasteiger partial charge < -0.3 is 19.5 Å². The Balaban J connectivity index is 1.31.